The van der Waals surface area contributed by atoms with Crippen molar-refractivity contribution in [3.8, 4) is 6.07 Å². The molecule has 0 spiro atoms. The Labute approximate surface area is 131 Å². The second kappa shape index (κ2) is 7.11. The van der Waals surface area contributed by atoms with E-state index in [1.54, 1.807) is 0 Å². The largest absolute Gasteiger partial charge is 0.300 e. The van der Waals surface area contributed by atoms with E-state index in [1.165, 1.54) is 51.6 Å². The number of piperidine rings is 1. The Morgan fingerprint density at radius 3 is 2.33 bits per heavy atom. The van der Waals surface area contributed by atoms with Crippen molar-refractivity contribution in [2.24, 2.45) is 5.41 Å². The Morgan fingerprint density at radius 2 is 1.81 bits per heavy atom. The molecule has 2 unspecified atom stereocenters. The van der Waals surface area contributed by atoms with E-state index in [1.807, 2.05) is 0 Å². The van der Waals surface area contributed by atoms with Crippen LogP contribution >= 0.6 is 0 Å². The summed E-state index contributed by atoms with van der Waals surface area (Å²) in [4.78, 5) is 2.69. The van der Waals surface area contributed by atoms with E-state index in [0.29, 0.717) is 11.5 Å². The quantitative estimate of drug-likeness (QED) is 0.839. The molecule has 1 heterocycles. The maximum absolute atomic E-state index is 9.62. The second-order valence-electron chi connectivity index (χ2n) is 7.22. The number of rotatable bonds is 5. The van der Waals surface area contributed by atoms with Gasteiger partial charge >= 0.3 is 0 Å². The van der Waals surface area contributed by atoms with Crippen molar-refractivity contribution in [2.75, 3.05) is 19.6 Å². The third-order valence-electron chi connectivity index (χ3n) is 6.33. The monoisotopic (exact) mass is 291 g/mol. The molecular formula is C18H33N3. The van der Waals surface area contributed by atoms with Gasteiger partial charge in [0, 0.05) is 6.04 Å². The number of hydrogen-bond donors (Lipinski definition) is 1. The van der Waals surface area contributed by atoms with E-state index < -0.39 is 0 Å². The summed E-state index contributed by atoms with van der Waals surface area (Å²) in [6.45, 7) is 10.2. The van der Waals surface area contributed by atoms with Crippen molar-refractivity contribution in [1.29, 1.82) is 5.26 Å². The first-order valence-corrected chi connectivity index (χ1v) is 9.03. The van der Waals surface area contributed by atoms with Gasteiger partial charge in [-0.15, -0.1) is 0 Å². The molecule has 1 saturated carbocycles. The van der Waals surface area contributed by atoms with Crippen molar-refractivity contribution >= 4 is 0 Å². The van der Waals surface area contributed by atoms with Gasteiger partial charge in [0.2, 0.25) is 0 Å². The standard InChI is InChI=1S/C18H33N3/c1-4-17(5-2)10-12-21(13-11-17)16-8-7-9-18(14-16,15-19)20-6-3/h16,20H,4-14H2,1-3H3. The van der Waals surface area contributed by atoms with Crippen LogP contribution in [0.3, 0.4) is 0 Å². The van der Waals surface area contributed by atoms with E-state index >= 15 is 0 Å². The molecule has 0 aromatic carbocycles. The molecule has 21 heavy (non-hydrogen) atoms. The van der Waals surface area contributed by atoms with E-state index in [9.17, 15) is 5.26 Å². The minimum atomic E-state index is -0.262. The van der Waals surface area contributed by atoms with Gasteiger partial charge in [-0.1, -0.05) is 33.6 Å². The lowest BCUT2D eigenvalue weighted by Gasteiger charge is -2.47. The van der Waals surface area contributed by atoms with Crippen LogP contribution in [0.4, 0.5) is 0 Å². The molecule has 1 aliphatic heterocycles. The van der Waals surface area contributed by atoms with E-state index in [-0.39, 0.29) is 5.54 Å². The minimum Gasteiger partial charge on any atom is -0.300 e. The molecule has 0 aromatic heterocycles. The first-order chi connectivity index (χ1) is 10.1. The number of nitrogens with one attached hydrogen (secondary N) is 1. The smallest absolute Gasteiger partial charge is 0.108 e. The van der Waals surface area contributed by atoms with E-state index in [0.717, 1.165) is 19.4 Å². The molecule has 2 atom stereocenters. The number of hydrogen-bond acceptors (Lipinski definition) is 3. The summed E-state index contributed by atoms with van der Waals surface area (Å²) >= 11 is 0. The van der Waals surface area contributed by atoms with Crippen LogP contribution in [0, 0.1) is 16.7 Å². The second-order valence-corrected chi connectivity index (χ2v) is 7.22. The van der Waals surface area contributed by atoms with Gasteiger partial charge in [-0.05, 0) is 63.6 Å². The van der Waals surface area contributed by atoms with Gasteiger partial charge in [0.25, 0.3) is 0 Å². The van der Waals surface area contributed by atoms with Crippen LogP contribution < -0.4 is 5.32 Å². The van der Waals surface area contributed by atoms with Crippen molar-refractivity contribution in [3.63, 3.8) is 0 Å². The third kappa shape index (κ3) is 3.60. The summed E-state index contributed by atoms with van der Waals surface area (Å²) in [5.41, 5.74) is 0.334. The number of nitriles is 1. The highest BCUT2D eigenvalue weighted by atomic mass is 15.2. The van der Waals surface area contributed by atoms with Gasteiger partial charge in [0.15, 0.2) is 0 Å². The van der Waals surface area contributed by atoms with Crippen LogP contribution in [-0.2, 0) is 0 Å². The van der Waals surface area contributed by atoms with Crippen LogP contribution in [-0.4, -0.2) is 36.1 Å². The average molecular weight is 291 g/mol. The normalized spacial score (nSPS) is 33.5. The first-order valence-electron chi connectivity index (χ1n) is 9.03. The van der Waals surface area contributed by atoms with E-state index in [2.05, 4.69) is 37.1 Å². The Bertz CT molecular complexity index is 355. The highest BCUT2D eigenvalue weighted by Crippen LogP contribution is 2.40. The molecule has 1 N–H and O–H groups in total. The Morgan fingerprint density at radius 1 is 1.14 bits per heavy atom. The van der Waals surface area contributed by atoms with Crippen LogP contribution in [0.1, 0.15) is 72.1 Å². The molecule has 0 aromatic rings. The zero-order chi connectivity index (χ0) is 15.3. The van der Waals surface area contributed by atoms with Crippen LogP contribution in [0.15, 0.2) is 0 Å². The molecule has 120 valence electrons. The molecule has 0 radical (unpaired) electrons. The fourth-order valence-electron chi connectivity index (χ4n) is 4.52. The molecule has 1 aliphatic carbocycles. The highest BCUT2D eigenvalue weighted by Gasteiger charge is 2.40. The van der Waals surface area contributed by atoms with Gasteiger partial charge in [-0.3, -0.25) is 5.32 Å². The molecule has 3 heteroatoms. The van der Waals surface area contributed by atoms with Gasteiger partial charge in [-0.25, -0.2) is 0 Å². The van der Waals surface area contributed by atoms with Crippen molar-refractivity contribution in [1.82, 2.24) is 10.2 Å². The number of likely N-dealkylation sites (tertiary alicyclic amines) is 1. The Hall–Kier alpha value is -0.590. The molecular weight excluding hydrogens is 258 g/mol. The minimum absolute atomic E-state index is 0.262. The van der Waals surface area contributed by atoms with Crippen molar-refractivity contribution in [3.05, 3.63) is 0 Å². The maximum Gasteiger partial charge on any atom is 0.108 e. The average Bonchev–Trinajstić information content (AvgIpc) is 2.55. The van der Waals surface area contributed by atoms with Gasteiger partial charge in [0.05, 0.1) is 6.07 Å². The SMILES string of the molecule is CCNC1(C#N)CCCC(N2CCC(CC)(CC)CC2)C1. The molecule has 1 saturated heterocycles. The first kappa shape index (κ1) is 16.8. The molecule has 2 rings (SSSR count). The molecule has 3 nitrogen and oxygen atoms in total. The van der Waals surface area contributed by atoms with Crippen molar-refractivity contribution < 1.29 is 0 Å². The van der Waals surface area contributed by atoms with Gasteiger partial charge in [0.1, 0.15) is 5.54 Å². The summed E-state index contributed by atoms with van der Waals surface area (Å²) in [6.07, 6.45) is 9.84. The molecule has 2 fully saturated rings. The Balaban J connectivity index is 1.96. The fraction of sp³-hybridized carbons (Fsp3) is 0.944. The lowest BCUT2D eigenvalue weighted by Crippen LogP contribution is -2.54. The van der Waals surface area contributed by atoms with Crippen LogP contribution in [0.2, 0.25) is 0 Å². The molecule has 0 amide bonds. The maximum atomic E-state index is 9.62. The van der Waals surface area contributed by atoms with Crippen LogP contribution in [0.25, 0.3) is 0 Å². The summed E-state index contributed by atoms with van der Waals surface area (Å²) in [5.74, 6) is 0. The predicted octanol–water partition coefficient (Wildman–Crippen LogP) is 3.70. The lowest BCUT2D eigenvalue weighted by molar-refractivity contribution is 0.0413. The van der Waals surface area contributed by atoms with Gasteiger partial charge < -0.3 is 4.90 Å². The Kier molecular flexibility index (Phi) is 5.68. The summed E-state index contributed by atoms with van der Waals surface area (Å²) in [6, 6.07) is 3.20. The van der Waals surface area contributed by atoms with E-state index in [4.69, 9.17) is 0 Å². The predicted molar refractivity (Wildman–Crippen MR) is 88.1 cm³/mol. The summed E-state index contributed by atoms with van der Waals surface area (Å²) in [7, 11) is 0. The van der Waals surface area contributed by atoms with Crippen LogP contribution in [0.5, 0.6) is 0 Å². The number of nitrogens with zero attached hydrogens (tertiary/aromatic N) is 2. The zero-order valence-electron chi connectivity index (χ0n) is 14.2. The van der Waals surface area contributed by atoms with Crippen molar-refractivity contribution in [2.45, 2.75) is 83.7 Å². The summed E-state index contributed by atoms with van der Waals surface area (Å²) < 4.78 is 0. The zero-order valence-corrected chi connectivity index (χ0v) is 14.2. The molecule has 2 aliphatic rings. The summed E-state index contributed by atoms with van der Waals surface area (Å²) in [5, 5.41) is 13.1. The molecule has 0 bridgehead atoms. The fourth-order valence-corrected chi connectivity index (χ4v) is 4.52. The van der Waals surface area contributed by atoms with Gasteiger partial charge in [-0.2, -0.15) is 5.26 Å². The third-order valence-corrected chi connectivity index (χ3v) is 6.33. The topological polar surface area (TPSA) is 39.1 Å². The highest BCUT2D eigenvalue weighted by molar-refractivity contribution is 5.11. The lowest BCUT2D eigenvalue weighted by atomic mass is 9.72.